The Kier molecular flexibility index (Phi) is 6.56. The van der Waals surface area contributed by atoms with Crippen LogP contribution in [0.5, 0.6) is 11.5 Å². The second-order valence-electron chi connectivity index (χ2n) is 5.76. The van der Waals surface area contributed by atoms with Gasteiger partial charge in [0.25, 0.3) is 5.91 Å². The van der Waals surface area contributed by atoms with E-state index in [1.807, 2.05) is 4.57 Å². The highest BCUT2D eigenvalue weighted by atomic mass is 16.5. The van der Waals surface area contributed by atoms with Gasteiger partial charge in [-0.2, -0.15) is 0 Å². The van der Waals surface area contributed by atoms with Gasteiger partial charge in [-0.25, -0.2) is 0 Å². The number of nitrogens with zero attached hydrogens (tertiary/aromatic N) is 3. The number of amides is 1. The first-order chi connectivity index (χ1) is 12.1. The summed E-state index contributed by atoms with van der Waals surface area (Å²) in [4.78, 5) is 12.3. The highest BCUT2D eigenvalue weighted by Crippen LogP contribution is 2.28. The molecule has 0 saturated heterocycles. The van der Waals surface area contributed by atoms with Gasteiger partial charge in [0.05, 0.1) is 7.11 Å². The molecule has 0 bridgehead atoms. The van der Waals surface area contributed by atoms with Crippen LogP contribution >= 0.6 is 0 Å². The number of rotatable bonds is 9. The Labute approximate surface area is 147 Å². The van der Waals surface area contributed by atoms with E-state index in [4.69, 9.17) is 9.47 Å². The van der Waals surface area contributed by atoms with Crippen LogP contribution in [0.2, 0.25) is 0 Å². The van der Waals surface area contributed by atoms with Crippen LogP contribution in [0.1, 0.15) is 35.9 Å². The number of aromatic nitrogens is 3. The first-order valence-electron chi connectivity index (χ1n) is 8.14. The van der Waals surface area contributed by atoms with Crippen molar-refractivity contribution in [3.8, 4) is 11.5 Å². The summed E-state index contributed by atoms with van der Waals surface area (Å²) in [7, 11) is 1.54. The molecule has 0 atom stereocenters. The molecule has 0 radical (unpaired) electrons. The maximum atomic E-state index is 12.3. The predicted molar refractivity (Wildman–Crippen MR) is 95.1 cm³/mol. The minimum Gasteiger partial charge on any atom is -0.493 e. The molecule has 0 unspecified atom stereocenters. The van der Waals surface area contributed by atoms with Crippen LogP contribution in [0.4, 0.5) is 0 Å². The van der Waals surface area contributed by atoms with Gasteiger partial charge in [-0.05, 0) is 18.2 Å². The standard InChI is InChI=1S/C18H24N4O3/c1-5-10-25-15-7-6-14(11-16(15)24-4)18(23)19-8-9-22-12-20-21-17(22)13(2)3/h5-7,11-13H,1,8-10H2,2-4H3,(H,19,23). The van der Waals surface area contributed by atoms with Crippen molar-refractivity contribution in [2.24, 2.45) is 0 Å². The smallest absolute Gasteiger partial charge is 0.251 e. The second-order valence-corrected chi connectivity index (χ2v) is 5.76. The molecular weight excluding hydrogens is 320 g/mol. The lowest BCUT2D eigenvalue weighted by molar-refractivity contribution is 0.0951. The molecule has 0 aliphatic heterocycles. The number of ether oxygens (including phenoxy) is 2. The molecular formula is C18H24N4O3. The number of carbonyl (C=O) groups is 1. The topological polar surface area (TPSA) is 78.3 Å². The Morgan fingerprint density at radius 1 is 1.40 bits per heavy atom. The van der Waals surface area contributed by atoms with Crippen LogP contribution in [-0.4, -0.2) is 40.9 Å². The van der Waals surface area contributed by atoms with E-state index in [0.717, 1.165) is 5.82 Å². The second kappa shape index (κ2) is 8.86. The lowest BCUT2D eigenvalue weighted by atomic mass is 10.2. The number of nitrogens with one attached hydrogen (secondary N) is 1. The summed E-state index contributed by atoms with van der Waals surface area (Å²) in [6.45, 7) is 9.19. The van der Waals surface area contributed by atoms with Crippen LogP contribution < -0.4 is 14.8 Å². The van der Waals surface area contributed by atoms with E-state index in [1.165, 1.54) is 7.11 Å². The van der Waals surface area contributed by atoms with Crippen molar-refractivity contribution >= 4 is 5.91 Å². The number of carbonyl (C=O) groups excluding carboxylic acids is 1. The summed E-state index contributed by atoms with van der Waals surface area (Å²) < 4.78 is 12.7. The van der Waals surface area contributed by atoms with Crippen molar-refractivity contribution in [1.82, 2.24) is 20.1 Å². The number of benzene rings is 1. The summed E-state index contributed by atoms with van der Waals surface area (Å²) in [5, 5.41) is 10.9. The molecule has 2 rings (SSSR count). The Hall–Kier alpha value is -2.83. The van der Waals surface area contributed by atoms with E-state index >= 15 is 0 Å². The monoisotopic (exact) mass is 344 g/mol. The number of hydrogen-bond acceptors (Lipinski definition) is 5. The van der Waals surface area contributed by atoms with Crippen LogP contribution in [0.3, 0.4) is 0 Å². The zero-order chi connectivity index (χ0) is 18.2. The van der Waals surface area contributed by atoms with Gasteiger partial charge in [-0.15, -0.1) is 10.2 Å². The molecule has 0 aliphatic rings. The quantitative estimate of drug-likeness (QED) is 0.707. The minimum atomic E-state index is -0.173. The maximum Gasteiger partial charge on any atom is 0.251 e. The minimum absolute atomic E-state index is 0.173. The van der Waals surface area contributed by atoms with Gasteiger partial charge < -0.3 is 19.4 Å². The Bertz CT molecular complexity index is 725. The zero-order valence-corrected chi connectivity index (χ0v) is 14.9. The average molecular weight is 344 g/mol. The van der Waals surface area contributed by atoms with Crippen LogP contribution in [-0.2, 0) is 6.54 Å². The molecule has 1 N–H and O–H groups in total. The van der Waals surface area contributed by atoms with Crippen molar-refractivity contribution in [3.05, 3.63) is 48.6 Å². The van der Waals surface area contributed by atoms with E-state index in [-0.39, 0.29) is 11.8 Å². The summed E-state index contributed by atoms with van der Waals surface area (Å²) in [6, 6.07) is 5.08. The summed E-state index contributed by atoms with van der Waals surface area (Å²) in [5.74, 6) is 2.10. The zero-order valence-electron chi connectivity index (χ0n) is 14.9. The Morgan fingerprint density at radius 2 is 2.20 bits per heavy atom. The van der Waals surface area contributed by atoms with Gasteiger partial charge in [0.15, 0.2) is 11.5 Å². The van der Waals surface area contributed by atoms with Crippen molar-refractivity contribution in [2.45, 2.75) is 26.3 Å². The number of hydrogen-bond donors (Lipinski definition) is 1. The average Bonchev–Trinajstić information content (AvgIpc) is 3.08. The third-order valence-electron chi connectivity index (χ3n) is 3.58. The normalized spacial score (nSPS) is 10.6. The molecule has 1 amide bonds. The fraction of sp³-hybridized carbons (Fsp3) is 0.389. The van der Waals surface area contributed by atoms with E-state index < -0.39 is 0 Å². The van der Waals surface area contributed by atoms with Gasteiger partial charge in [-0.1, -0.05) is 26.5 Å². The number of methoxy groups -OCH3 is 1. The molecule has 0 aliphatic carbocycles. The van der Waals surface area contributed by atoms with Crippen molar-refractivity contribution < 1.29 is 14.3 Å². The molecule has 1 heterocycles. The van der Waals surface area contributed by atoms with E-state index in [2.05, 4.69) is 35.9 Å². The SMILES string of the molecule is C=CCOc1ccc(C(=O)NCCn2cnnc2C(C)C)cc1OC. The highest BCUT2D eigenvalue weighted by Gasteiger charge is 2.12. The Balaban J connectivity index is 1.96. The van der Waals surface area contributed by atoms with Crippen LogP contribution in [0, 0.1) is 0 Å². The predicted octanol–water partition coefficient (Wildman–Crippen LogP) is 2.40. The molecule has 7 nitrogen and oxygen atoms in total. The molecule has 2 aromatic rings. The van der Waals surface area contributed by atoms with Crippen molar-refractivity contribution in [3.63, 3.8) is 0 Å². The fourth-order valence-corrected chi connectivity index (χ4v) is 2.35. The third kappa shape index (κ3) is 4.82. The molecule has 0 spiro atoms. The highest BCUT2D eigenvalue weighted by molar-refractivity contribution is 5.94. The fourth-order valence-electron chi connectivity index (χ4n) is 2.35. The summed E-state index contributed by atoms with van der Waals surface area (Å²) in [5.41, 5.74) is 0.510. The molecule has 1 aromatic carbocycles. The molecule has 134 valence electrons. The van der Waals surface area contributed by atoms with Crippen LogP contribution in [0.15, 0.2) is 37.2 Å². The van der Waals surface area contributed by atoms with Crippen molar-refractivity contribution in [1.29, 1.82) is 0 Å². The summed E-state index contributed by atoms with van der Waals surface area (Å²) >= 11 is 0. The Morgan fingerprint density at radius 3 is 2.88 bits per heavy atom. The van der Waals surface area contributed by atoms with Gasteiger partial charge in [-0.3, -0.25) is 4.79 Å². The van der Waals surface area contributed by atoms with Crippen LogP contribution in [0.25, 0.3) is 0 Å². The lowest BCUT2D eigenvalue weighted by Gasteiger charge is -2.12. The maximum absolute atomic E-state index is 12.3. The first kappa shape index (κ1) is 18.5. The van der Waals surface area contributed by atoms with E-state index in [0.29, 0.717) is 36.8 Å². The molecule has 0 fully saturated rings. The summed E-state index contributed by atoms with van der Waals surface area (Å²) in [6.07, 6.45) is 3.33. The first-order valence-corrected chi connectivity index (χ1v) is 8.14. The molecule has 7 heteroatoms. The van der Waals surface area contributed by atoms with Gasteiger partial charge in [0.1, 0.15) is 18.8 Å². The van der Waals surface area contributed by atoms with Gasteiger partial charge in [0.2, 0.25) is 0 Å². The van der Waals surface area contributed by atoms with Gasteiger partial charge >= 0.3 is 0 Å². The molecule has 0 saturated carbocycles. The van der Waals surface area contributed by atoms with E-state index in [9.17, 15) is 4.79 Å². The lowest BCUT2D eigenvalue weighted by Crippen LogP contribution is -2.27. The van der Waals surface area contributed by atoms with E-state index in [1.54, 1.807) is 30.6 Å². The molecule has 25 heavy (non-hydrogen) atoms. The molecule has 1 aromatic heterocycles. The van der Waals surface area contributed by atoms with Crippen molar-refractivity contribution in [2.75, 3.05) is 20.3 Å². The largest absolute Gasteiger partial charge is 0.493 e. The van der Waals surface area contributed by atoms with Gasteiger partial charge in [0, 0.05) is 24.6 Å². The third-order valence-corrected chi connectivity index (χ3v) is 3.58.